The molecule has 4 heteroatoms. The summed E-state index contributed by atoms with van der Waals surface area (Å²) in [5, 5.41) is 0. The lowest BCUT2D eigenvalue weighted by molar-refractivity contribution is 0.501. The minimum Gasteiger partial charge on any atom is -0.325 e. The molecule has 2 aromatic rings. The summed E-state index contributed by atoms with van der Waals surface area (Å²) in [6.07, 6.45) is 2.76. The van der Waals surface area contributed by atoms with Crippen molar-refractivity contribution < 1.29 is 0 Å². The van der Waals surface area contributed by atoms with E-state index in [1.165, 1.54) is 0 Å². The van der Waals surface area contributed by atoms with Gasteiger partial charge in [0.2, 0.25) is 0 Å². The summed E-state index contributed by atoms with van der Waals surface area (Å²) in [5.74, 6) is 0.991. The van der Waals surface area contributed by atoms with Crippen LogP contribution in [-0.2, 0) is 6.42 Å². The van der Waals surface area contributed by atoms with Crippen LogP contribution >= 0.6 is 15.9 Å². The van der Waals surface area contributed by atoms with E-state index in [1.807, 2.05) is 38.2 Å². The molecular formula is C11H14BrN3. The van der Waals surface area contributed by atoms with E-state index < -0.39 is 0 Å². The van der Waals surface area contributed by atoms with Gasteiger partial charge in [0.05, 0.1) is 5.52 Å². The second kappa shape index (κ2) is 3.61. The van der Waals surface area contributed by atoms with Crippen LogP contribution in [0.4, 0.5) is 0 Å². The first-order valence-electron chi connectivity index (χ1n) is 4.88. The Labute approximate surface area is 97.4 Å². The number of rotatable bonds is 2. The number of hydrogen-bond acceptors (Lipinski definition) is 2. The minimum absolute atomic E-state index is 0.240. The van der Waals surface area contributed by atoms with Gasteiger partial charge >= 0.3 is 0 Å². The van der Waals surface area contributed by atoms with Crippen LogP contribution in [0.25, 0.3) is 5.52 Å². The van der Waals surface area contributed by atoms with Crippen molar-refractivity contribution in [2.75, 3.05) is 0 Å². The van der Waals surface area contributed by atoms with Gasteiger partial charge in [0.15, 0.2) is 0 Å². The first-order chi connectivity index (χ1) is 6.97. The van der Waals surface area contributed by atoms with E-state index in [0.29, 0.717) is 0 Å². The fraction of sp³-hybridized carbons (Fsp3) is 0.364. The molecule has 0 aliphatic carbocycles. The smallest absolute Gasteiger partial charge is 0.132 e. The quantitative estimate of drug-likeness (QED) is 0.908. The van der Waals surface area contributed by atoms with Crippen LogP contribution in [-0.4, -0.2) is 14.9 Å². The average molecular weight is 268 g/mol. The van der Waals surface area contributed by atoms with Gasteiger partial charge in [0.25, 0.3) is 0 Å². The van der Waals surface area contributed by atoms with Gasteiger partial charge in [-0.15, -0.1) is 0 Å². The summed E-state index contributed by atoms with van der Waals surface area (Å²) < 4.78 is 2.95. The van der Waals surface area contributed by atoms with E-state index in [4.69, 9.17) is 5.73 Å². The number of aromatic nitrogens is 2. The van der Waals surface area contributed by atoms with Crippen molar-refractivity contribution in [3.63, 3.8) is 0 Å². The molecule has 0 spiro atoms. The van der Waals surface area contributed by atoms with Crippen molar-refractivity contribution >= 4 is 21.4 Å². The molecule has 0 amide bonds. The number of imidazole rings is 1. The molecular weight excluding hydrogens is 254 g/mol. The maximum absolute atomic E-state index is 6.00. The molecule has 0 bridgehead atoms. The van der Waals surface area contributed by atoms with E-state index in [2.05, 4.69) is 25.3 Å². The van der Waals surface area contributed by atoms with Crippen molar-refractivity contribution in [3.05, 3.63) is 34.8 Å². The van der Waals surface area contributed by atoms with Gasteiger partial charge in [0.1, 0.15) is 10.4 Å². The molecule has 0 aliphatic rings. The van der Waals surface area contributed by atoms with Gasteiger partial charge in [-0.2, -0.15) is 0 Å². The molecule has 2 N–H and O–H groups in total. The third-order valence-corrected chi connectivity index (χ3v) is 2.77. The molecule has 0 saturated heterocycles. The molecule has 0 aromatic carbocycles. The predicted molar refractivity (Wildman–Crippen MR) is 64.9 cm³/mol. The topological polar surface area (TPSA) is 43.3 Å². The van der Waals surface area contributed by atoms with E-state index in [0.717, 1.165) is 22.4 Å². The van der Waals surface area contributed by atoms with E-state index >= 15 is 0 Å². The van der Waals surface area contributed by atoms with Crippen LogP contribution in [0.1, 0.15) is 19.7 Å². The lowest BCUT2D eigenvalue weighted by Crippen LogP contribution is -2.35. The Kier molecular flexibility index (Phi) is 2.56. The Morgan fingerprint density at radius 3 is 2.87 bits per heavy atom. The van der Waals surface area contributed by atoms with Crippen LogP contribution in [0.5, 0.6) is 0 Å². The van der Waals surface area contributed by atoms with Crippen molar-refractivity contribution in [3.8, 4) is 0 Å². The molecule has 80 valence electrons. The maximum Gasteiger partial charge on any atom is 0.132 e. The highest BCUT2D eigenvalue weighted by molar-refractivity contribution is 9.10. The zero-order valence-electron chi connectivity index (χ0n) is 8.87. The van der Waals surface area contributed by atoms with Crippen LogP contribution in [0, 0.1) is 0 Å². The van der Waals surface area contributed by atoms with Crippen molar-refractivity contribution in [1.29, 1.82) is 0 Å². The van der Waals surface area contributed by atoms with Crippen LogP contribution in [0.15, 0.2) is 29.0 Å². The highest BCUT2D eigenvalue weighted by Crippen LogP contribution is 2.20. The van der Waals surface area contributed by atoms with Gasteiger partial charge in [0, 0.05) is 18.2 Å². The molecule has 15 heavy (non-hydrogen) atoms. The summed E-state index contributed by atoms with van der Waals surface area (Å²) >= 11 is 3.45. The molecule has 2 aromatic heterocycles. The van der Waals surface area contributed by atoms with E-state index in [9.17, 15) is 0 Å². The number of pyridine rings is 1. The number of halogens is 1. The predicted octanol–water partition coefficient (Wildman–Crippen LogP) is 2.38. The van der Waals surface area contributed by atoms with Gasteiger partial charge in [-0.05, 0) is 41.9 Å². The van der Waals surface area contributed by atoms with Crippen LogP contribution < -0.4 is 5.73 Å². The Morgan fingerprint density at radius 2 is 2.20 bits per heavy atom. The molecule has 0 aliphatic heterocycles. The van der Waals surface area contributed by atoms with Gasteiger partial charge in [-0.25, -0.2) is 4.98 Å². The zero-order valence-corrected chi connectivity index (χ0v) is 10.5. The Morgan fingerprint density at radius 1 is 1.47 bits per heavy atom. The van der Waals surface area contributed by atoms with E-state index in [1.54, 1.807) is 0 Å². The highest BCUT2D eigenvalue weighted by Gasteiger charge is 2.16. The highest BCUT2D eigenvalue weighted by atomic mass is 79.9. The first kappa shape index (κ1) is 10.6. The fourth-order valence-electron chi connectivity index (χ4n) is 1.59. The first-order valence-corrected chi connectivity index (χ1v) is 5.67. The normalized spacial score (nSPS) is 12.3. The second-order valence-electron chi connectivity index (χ2n) is 4.44. The Balaban J connectivity index is 2.53. The SMILES string of the molecule is CC(C)(N)Cc1nc(Br)c2ccccn12. The van der Waals surface area contributed by atoms with Crippen molar-refractivity contribution in [1.82, 2.24) is 9.38 Å². The van der Waals surface area contributed by atoms with Crippen molar-refractivity contribution in [2.45, 2.75) is 25.8 Å². The lowest BCUT2D eigenvalue weighted by atomic mass is 10.0. The number of nitrogens with two attached hydrogens (primary N) is 1. The molecule has 0 unspecified atom stereocenters. The average Bonchev–Trinajstić information content (AvgIpc) is 2.42. The molecule has 2 heterocycles. The van der Waals surface area contributed by atoms with Crippen molar-refractivity contribution in [2.24, 2.45) is 5.73 Å². The zero-order chi connectivity index (χ0) is 11.1. The summed E-state index contributed by atoms with van der Waals surface area (Å²) in [7, 11) is 0. The Bertz CT molecular complexity index is 482. The number of nitrogens with zero attached hydrogens (tertiary/aromatic N) is 2. The summed E-state index contributed by atoms with van der Waals surface area (Å²) in [4.78, 5) is 4.47. The Hall–Kier alpha value is -0.870. The van der Waals surface area contributed by atoms with Gasteiger partial charge < -0.3 is 10.1 Å². The number of fused-ring (bicyclic) bond motifs is 1. The summed E-state index contributed by atoms with van der Waals surface area (Å²) in [6.45, 7) is 4.01. The minimum atomic E-state index is -0.240. The third-order valence-electron chi connectivity index (χ3n) is 2.19. The molecule has 0 radical (unpaired) electrons. The molecule has 3 nitrogen and oxygen atoms in total. The lowest BCUT2D eigenvalue weighted by Gasteiger charge is -2.16. The molecule has 0 saturated carbocycles. The van der Waals surface area contributed by atoms with Crippen LogP contribution in [0.3, 0.4) is 0 Å². The fourth-order valence-corrected chi connectivity index (χ4v) is 2.12. The summed E-state index contributed by atoms with van der Waals surface area (Å²) in [5.41, 5.74) is 6.84. The van der Waals surface area contributed by atoms with Gasteiger partial charge in [-0.3, -0.25) is 0 Å². The third kappa shape index (κ3) is 2.21. The molecule has 0 atom stereocenters. The monoisotopic (exact) mass is 267 g/mol. The second-order valence-corrected chi connectivity index (χ2v) is 5.19. The standard InChI is InChI=1S/C11H14BrN3/c1-11(2,13)7-9-14-10(12)8-5-3-4-6-15(8)9/h3-6H,7,13H2,1-2H3. The molecule has 2 rings (SSSR count). The van der Waals surface area contributed by atoms with Gasteiger partial charge in [-0.1, -0.05) is 6.07 Å². The van der Waals surface area contributed by atoms with Crippen LogP contribution in [0.2, 0.25) is 0 Å². The molecule has 0 fully saturated rings. The largest absolute Gasteiger partial charge is 0.325 e. The summed E-state index contributed by atoms with van der Waals surface area (Å²) in [6, 6.07) is 6.03. The maximum atomic E-state index is 6.00. The van der Waals surface area contributed by atoms with E-state index in [-0.39, 0.29) is 5.54 Å². The number of hydrogen-bond donors (Lipinski definition) is 1.